The highest BCUT2D eigenvalue weighted by molar-refractivity contribution is 5.34. The maximum absolute atomic E-state index is 5.82. The Morgan fingerprint density at radius 3 is 3.12 bits per heavy atom. The minimum atomic E-state index is 0.153. The van der Waals surface area contributed by atoms with Crippen LogP contribution in [0.5, 0.6) is 5.75 Å². The molecule has 1 heterocycles. The molecule has 1 aromatic rings. The largest absolute Gasteiger partial charge is 0.491 e. The molecule has 0 aromatic heterocycles. The van der Waals surface area contributed by atoms with Crippen LogP contribution in [0, 0.1) is 0 Å². The zero-order chi connectivity index (χ0) is 11.9. The van der Waals surface area contributed by atoms with E-state index in [2.05, 4.69) is 18.0 Å². The molecule has 1 N–H and O–H groups in total. The molecule has 1 atom stereocenters. The summed E-state index contributed by atoms with van der Waals surface area (Å²) in [6.45, 7) is 6.92. The van der Waals surface area contributed by atoms with Gasteiger partial charge >= 0.3 is 0 Å². The average molecular weight is 233 g/mol. The van der Waals surface area contributed by atoms with Crippen molar-refractivity contribution in [2.24, 2.45) is 0 Å². The van der Waals surface area contributed by atoms with Crippen LogP contribution in [0.2, 0.25) is 0 Å². The van der Waals surface area contributed by atoms with Crippen molar-refractivity contribution in [3.05, 3.63) is 42.5 Å². The van der Waals surface area contributed by atoms with Crippen LogP contribution in [-0.2, 0) is 11.2 Å². The predicted octanol–water partition coefficient (Wildman–Crippen LogP) is 1.78. The fourth-order valence-corrected chi connectivity index (χ4v) is 1.88. The number of benzene rings is 1. The summed E-state index contributed by atoms with van der Waals surface area (Å²) in [4.78, 5) is 0. The van der Waals surface area contributed by atoms with Gasteiger partial charge in [-0.2, -0.15) is 0 Å². The van der Waals surface area contributed by atoms with Crippen LogP contribution in [0.4, 0.5) is 0 Å². The molecule has 92 valence electrons. The Labute approximate surface area is 102 Å². The minimum Gasteiger partial charge on any atom is -0.491 e. The van der Waals surface area contributed by atoms with Crippen molar-refractivity contribution in [2.75, 3.05) is 26.3 Å². The van der Waals surface area contributed by atoms with E-state index in [-0.39, 0.29) is 6.10 Å². The van der Waals surface area contributed by atoms with Crippen molar-refractivity contribution in [1.82, 2.24) is 5.32 Å². The molecule has 0 saturated carbocycles. The Bertz CT molecular complexity index is 359. The topological polar surface area (TPSA) is 30.5 Å². The summed E-state index contributed by atoms with van der Waals surface area (Å²) in [6, 6.07) is 8.07. The van der Waals surface area contributed by atoms with E-state index in [1.807, 2.05) is 24.3 Å². The number of nitrogens with one attached hydrogen (secondary N) is 1. The lowest BCUT2D eigenvalue weighted by Crippen LogP contribution is -2.41. The van der Waals surface area contributed by atoms with Gasteiger partial charge in [-0.15, -0.1) is 6.58 Å². The summed E-state index contributed by atoms with van der Waals surface area (Å²) in [5, 5.41) is 3.29. The molecule has 1 aliphatic heterocycles. The van der Waals surface area contributed by atoms with E-state index < -0.39 is 0 Å². The first-order valence-electron chi connectivity index (χ1n) is 6.04. The van der Waals surface area contributed by atoms with Crippen molar-refractivity contribution in [1.29, 1.82) is 0 Å². The lowest BCUT2D eigenvalue weighted by Gasteiger charge is -2.24. The van der Waals surface area contributed by atoms with Gasteiger partial charge in [-0.05, 0) is 18.1 Å². The molecule has 17 heavy (non-hydrogen) atoms. The predicted molar refractivity (Wildman–Crippen MR) is 68.4 cm³/mol. The van der Waals surface area contributed by atoms with Crippen LogP contribution in [0.25, 0.3) is 0 Å². The third-order valence-corrected chi connectivity index (χ3v) is 2.77. The van der Waals surface area contributed by atoms with Crippen molar-refractivity contribution >= 4 is 0 Å². The first-order chi connectivity index (χ1) is 8.40. The van der Waals surface area contributed by atoms with E-state index in [1.165, 1.54) is 5.56 Å². The second kappa shape index (κ2) is 6.42. The maximum atomic E-state index is 5.82. The molecule has 2 rings (SSSR count). The molecule has 1 fully saturated rings. The quantitative estimate of drug-likeness (QED) is 0.786. The van der Waals surface area contributed by atoms with Crippen molar-refractivity contribution in [3.63, 3.8) is 0 Å². The van der Waals surface area contributed by atoms with Crippen LogP contribution in [0.1, 0.15) is 5.56 Å². The van der Waals surface area contributed by atoms with Gasteiger partial charge in [-0.25, -0.2) is 0 Å². The number of ether oxygens (including phenoxy) is 2. The van der Waals surface area contributed by atoms with Crippen molar-refractivity contribution in [3.8, 4) is 5.75 Å². The van der Waals surface area contributed by atoms with Gasteiger partial charge in [0.05, 0.1) is 6.61 Å². The monoisotopic (exact) mass is 233 g/mol. The van der Waals surface area contributed by atoms with Crippen LogP contribution >= 0.6 is 0 Å². The first-order valence-corrected chi connectivity index (χ1v) is 6.04. The molecule has 1 aliphatic rings. The zero-order valence-corrected chi connectivity index (χ0v) is 10.0. The van der Waals surface area contributed by atoms with Crippen LogP contribution in [0.15, 0.2) is 36.9 Å². The van der Waals surface area contributed by atoms with E-state index in [0.29, 0.717) is 6.61 Å². The number of rotatable bonds is 5. The summed E-state index contributed by atoms with van der Waals surface area (Å²) in [6.07, 6.45) is 2.88. The van der Waals surface area contributed by atoms with E-state index in [0.717, 1.165) is 31.9 Å². The van der Waals surface area contributed by atoms with Gasteiger partial charge in [0, 0.05) is 13.1 Å². The average Bonchev–Trinajstić information content (AvgIpc) is 2.39. The summed E-state index contributed by atoms with van der Waals surface area (Å²) in [5.74, 6) is 0.932. The number of para-hydroxylation sites is 1. The second-order valence-electron chi connectivity index (χ2n) is 4.11. The normalized spacial score (nSPS) is 19.9. The van der Waals surface area contributed by atoms with E-state index >= 15 is 0 Å². The van der Waals surface area contributed by atoms with Gasteiger partial charge in [0.1, 0.15) is 18.5 Å². The smallest absolute Gasteiger partial charge is 0.122 e. The molecular weight excluding hydrogens is 214 g/mol. The molecule has 0 spiro atoms. The minimum absolute atomic E-state index is 0.153. The highest BCUT2D eigenvalue weighted by Gasteiger charge is 2.14. The molecule has 0 radical (unpaired) electrons. The zero-order valence-electron chi connectivity index (χ0n) is 10.0. The maximum Gasteiger partial charge on any atom is 0.122 e. The standard InChI is InChI=1S/C14H19NO2/c1-2-5-12-6-3-4-7-14(12)17-11-13-10-15-8-9-16-13/h2-4,6-7,13,15H,1,5,8-11H2. The van der Waals surface area contributed by atoms with Gasteiger partial charge in [-0.3, -0.25) is 0 Å². The van der Waals surface area contributed by atoms with Crippen molar-refractivity contribution < 1.29 is 9.47 Å². The number of allylic oxidation sites excluding steroid dienone is 1. The Morgan fingerprint density at radius 1 is 1.47 bits per heavy atom. The third-order valence-electron chi connectivity index (χ3n) is 2.77. The lowest BCUT2D eigenvalue weighted by atomic mass is 10.1. The summed E-state index contributed by atoms with van der Waals surface area (Å²) in [7, 11) is 0. The molecular formula is C14H19NO2. The van der Waals surface area contributed by atoms with E-state index in [1.54, 1.807) is 0 Å². The summed E-state index contributed by atoms with van der Waals surface area (Å²) >= 11 is 0. The highest BCUT2D eigenvalue weighted by Crippen LogP contribution is 2.19. The van der Waals surface area contributed by atoms with Crippen LogP contribution in [-0.4, -0.2) is 32.4 Å². The molecule has 3 heteroatoms. The molecule has 1 saturated heterocycles. The van der Waals surface area contributed by atoms with Gasteiger partial charge in [0.25, 0.3) is 0 Å². The van der Waals surface area contributed by atoms with Gasteiger partial charge in [-0.1, -0.05) is 24.3 Å². The summed E-state index contributed by atoms with van der Waals surface area (Å²) < 4.78 is 11.4. The Balaban J connectivity index is 1.90. The van der Waals surface area contributed by atoms with E-state index in [4.69, 9.17) is 9.47 Å². The molecule has 0 aliphatic carbocycles. The van der Waals surface area contributed by atoms with Gasteiger partial charge in [0.15, 0.2) is 0 Å². The number of hydrogen-bond acceptors (Lipinski definition) is 3. The fourth-order valence-electron chi connectivity index (χ4n) is 1.88. The number of morpholine rings is 1. The van der Waals surface area contributed by atoms with Crippen molar-refractivity contribution in [2.45, 2.75) is 12.5 Å². The van der Waals surface area contributed by atoms with Gasteiger partial charge in [0.2, 0.25) is 0 Å². The van der Waals surface area contributed by atoms with Crippen LogP contribution < -0.4 is 10.1 Å². The number of hydrogen-bond donors (Lipinski definition) is 1. The first kappa shape index (κ1) is 12.1. The molecule has 0 bridgehead atoms. The molecule has 3 nitrogen and oxygen atoms in total. The lowest BCUT2D eigenvalue weighted by molar-refractivity contribution is 0.0000370. The summed E-state index contributed by atoms with van der Waals surface area (Å²) in [5.41, 5.74) is 1.17. The van der Waals surface area contributed by atoms with Gasteiger partial charge < -0.3 is 14.8 Å². The Hall–Kier alpha value is -1.32. The van der Waals surface area contributed by atoms with E-state index in [9.17, 15) is 0 Å². The Morgan fingerprint density at radius 2 is 2.35 bits per heavy atom. The Kier molecular flexibility index (Phi) is 4.59. The van der Waals surface area contributed by atoms with Crippen LogP contribution in [0.3, 0.4) is 0 Å². The SMILES string of the molecule is C=CCc1ccccc1OCC1CNCCO1. The third kappa shape index (κ3) is 3.58. The molecule has 1 aromatic carbocycles. The molecule has 0 amide bonds. The highest BCUT2D eigenvalue weighted by atomic mass is 16.5. The second-order valence-corrected chi connectivity index (χ2v) is 4.11. The fraction of sp³-hybridized carbons (Fsp3) is 0.429. The molecule has 1 unspecified atom stereocenters.